The van der Waals surface area contributed by atoms with Crippen LogP contribution in [0, 0.1) is 28.6 Å². The molecule has 5 nitrogen and oxygen atoms in total. The highest BCUT2D eigenvalue weighted by Crippen LogP contribution is 2.29. The zero-order valence-corrected chi connectivity index (χ0v) is 14.1. The maximum Gasteiger partial charge on any atom is 0.416 e. The Balaban J connectivity index is 2.20. The highest BCUT2D eigenvalue weighted by molar-refractivity contribution is 6.34. The van der Waals surface area contributed by atoms with Crippen LogP contribution in [0.5, 0.6) is 0 Å². The van der Waals surface area contributed by atoms with Crippen molar-refractivity contribution in [3.05, 3.63) is 64.2 Å². The van der Waals surface area contributed by atoms with Crippen molar-refractivity contribution in [3.8, 4) is 12.1 Å². The van der Waals surface area contributed by atoms with Crippen molar-refractivity contribution in [1.29, 1.82) is 10.5 Å². The predicted molar refractivity (Wildman–Crippen MR) is 89.7 cm³/mol. The van der Waals surface area contributed by atoms with Crippen molar-refractivity contribution < 1.29 is 22.8 Å². The van der Waals surface area contributed by atoms with Gasteiger partial charge in [0.2, 0.25) is 5.91 Å². The van der Waals surface area contributed by atoms with Crippen LogP contribution in [0.1, 0.15) is 21.5 Å². The van der Waals surface area contributed by atoms with Crippen LogP contribution in [0.2, 0.25) is 5.02 Å². The number of alkyl halides is 3. The van der Waals surface area contributed by atoms with E-state index in [-0.39, 0.29) is 21.8 Å². The summed E-state index contributed by atoms with van der Waals surface area (Å²) in [4.78, 5) is 24.5. The summed E-state index contributed by atoms with van der Waals surface area (Å²) in [6, 6.07) is 10.6. The fraction of sp³-hybridized carbons (Fsp3) is 0.111. The number of carbonyl (C=O) groups excluding carboxylic acids is 2. The number of halogens is 4. The minimum Gasteiger partial charge on any atom is -0.323 e. The van der Waals surface area contributed by atoms with Gasteiger partial charge in [0, 0.05) is 5.56 Å². The Morgan fingerprint density at radius 3 is 2.19 bits per heavy atom. The summed E-state index contributed by atoms with van der Waals surface area (Å²) >= 11 is 5.92. The standard InChI is InChI=1S/C18H9ClF3N3O2/c19-14-7-10(8-23)1-6-15(14)25-17(27)13(9-24)16(26)11-2-4-12(5-3-11)18(20,21)22/h1-7,13H,(H,25,27). The van der Waals surface area contributed by atoms with Crippen LogP contribution in [0.4, 0.5) is 18.9 Å². The molecule has 0 spiro atoms. The monoisotopic (exact) mass is 391 g/mol. The molecule has 0 heterocycles. The van der Waals surface area contributed by atoms with Crippen molar-refractivity contribution in [2.45, 2.75) is 6.18 Å². The number of nitrogens with zero attached hydrogens (tertiary/aromatic N) is 2. The number of Topliss-reactive ketones (excluding diaryl/α,β-unsaturated/α-hetero) is 1. The highest BCUT2D eigenvalue weighted by Gasteiger charge is 2.32. The van der Waals surface area contributed by atoms with Gasteiger partial charge < -0.3 is 5.32 Å². The molecule has 0 saturated heterocycles. The largest absolute Gasteiger partial charge is 0.416 e. The first kappa shape index (κ1) is 20.0. The van der Waals surface area contributed by atoms with Gasteiger partial charge in [-0.25, -0.2) is 0 Å². The van der Waals surface area contributed by atoms with E-state index in [4.69, 9.17) is 22.1 Å². The van der Waals surface area contributed by atoms with Gasteiger partial charge in [-0.1, -0.05) is 23.7 Å². The van der Waals surface area contributed by atoms with Gasteiger partial charge in [0.25, 0.3) is 0 Å². The average Bonchev–Trinajstić information content (AvgIpc) is 2.63. The second-order valence-electron chi connectivity index (χ2n) is 5.30. The molecule has 1 atom stereocenters. The number of benzene rings is 2. The van der Waals surface area contributed by atoms with E-state index in [0.29, 0.717) is 12.1 Å². The van der Waals surface area contributed by atoms with Crippen LogP contribution in [0.3, 0.4) is 0 Å². The second-order valence-corrected chi connectivity index (χ2v) is 5.70. The third-order valence-corrected chi connectivity index (χ3v) is 3.82. The SMILES string of the molecule is N#Cc1ccc(NC(=O)C(C#N)C(=O)c2ccc(C(F)(F)F)cc2)c(Cl)c1. The first-order valence-electron chi connectivity index (χ1n) is 7.29. The van der Waals surface area contributed by atoms with E-state index in [9.17, 15) is 22.8 Å². The van der Waals surface area contributed by atoms with E-state index >= 15 is 0 Å². The van der Waals surface area contributed by atoms with Crippen molar-refractivity contribution in [3.63, 3.8) is 0 Å². The number of anilines is 1. The third kappa shape index (κ3) is 4.63. The van der Waals surface area contributed by atoms with Crippen molar-refractivity contribution >= 4 is 29.0 Å². The van der Waals surface area contributed by atoms with Gasteiger partial charge in [-0.3, -0.25) is 9.59 Å². The molecule has 136 valence electrons. The molecule has 27 heavy (non-hydrogen) atoms. The number of hydrogen-bond donors (Lipinski definition) is 1. The normalized spacial score (nSPS) is 11.8. The minimum atomic E-state index is -4.57. The Morgan fingerprint density at radius 1 is 1.07 bits per heavy atom. The van der Waals surface area contributed by atoms with Crippen LogP contribution in [0.15, 0.2) is 42.5 Å². The number of nitrogens with one attached hydrogen (secondary N) is 1. The molecule has 2 aromatic rings. The quantitative estimate of drug-likeness (QED) is 0.624. The molecule has 0 saturated carbocycles. The van der Waals surface area contributed by atoms with Crippen molar-refractivity contribution in [2.24, 2.45) is 5.92 Å². The lowest BCUT2D eigenvalue weighted by atomic mass is 9.97. The average molecular weight is 392 g/mol. The van der Waals surface area contributed by atoms with Crippen molar-refractivity contribution in [1.82, 2.24) is 0 Å². The fourth-order valence-corrected chi connectivity index (χ4v) is 2.35. The number of hydrogen-bond acceptors (Lipinski definition) is 4. The van der Waals surface area contributed by atoms with E-state index in [1.165, 1.54) is 24.3 Å². The number of nitriles is 2. The number of rotatable bonds is 4. The van der Waals surface area contributed by atoms with Crippen LogP contribution >= 0.6 is 11.6 Å². The van der Waals surface area contributed by atoms with Crippen LogP contribution in [0.25, 0.3) is 0 Å². The molecule has 0 radical (unpaired) electrons. The lowest BCUT2D eigenvalue weighted by Gasteiger charge is -2.12. The highest BCUT2D eigenvalue weighted by atomic mass is 35.5. The molecule has 1 amide bonds. The topological polar surface area (TPSA) is 93.8 Å². The third-order valence-electron chi connectivity index (χ3n) is 3.51. The molecule has 2 aromatic carbocycles. The Labute approximate surface area is 156 Å². The molecule has 0 aliphatic carbocycles. The molecule has 0 aliphatic rings. The fourth-order valence-electron chi connectivity index (χ4n) is 2.12. The van der Waals surface area contributed by atoms with Gasteiger partial charge in [-0.05, 0) is 30.3 Å². The van der Waals surface area contributed by atoms with E-state index in [1.54, 1.807) is 0 Å². The molecule has 0 bridgehead atoms. The van der Waals surface area contributed by atoms with E-state index in [1.807, 2.05) is 6.07 Å². The lowest BCUT2D eigenvalue weighted by Crippen LogP contribution is -2.28. The van der Waals surface area contributed by atoms with Gasteiger partial charge in [0.1, 0.15) is 0 Å². The van der Waals surface area contributed by atoms with Crippen LogP contribution in [-0.4, -0.2) is 11.7 Å². The maximum absolute atomic E-state index is 12.6. The minimum absolute atomic E-state index is 0.0288. The molecular formula is C18H9ClF3N3O2. The predicted octanol–water partition coefficient (Wildman–Crippen LogP) is 4.19. The summed E-state index contributed by atoms with van der Waals surface area (Å²) in [5, 5.41) is 20.3. The molecule has 1 N–H and O–H groups in total. The first-order valence-corrected chi connectivity index (χ1v) is 7.66. The molecule has 1 unspecified atom stereocenters. The molecular weight excluding hydrogens is 383 g/mol. The summed E-state index contributed by atoms with van der Waals surface area (Å²) in [5.41, 5.74) is -0.839. The van der Waals surface area contributed by atoms with E-state index in [0.717, 1.165) is 12.1 Å². The summed E-state index contributed by atoms with van der Waals surface area (Å²) in [6.45, 7) is 0. The van der Waals surface area contributed by atoms with Gasteiger partial charge in [-0.2, -0.15) is 23.7 Å². The van der Waals surface area contributed by atoms with Gasteiger partial charge in [0.15, 0.2) is 11.7 Å². The van der Waals surface area contributed by atoms with Gasteiger partial charge in [-0.15, -0.1) is 0 Å². The maximum atomic E-state index is 12.6. The summed E-state index contributed by atoms with van der Waals surface area (Å²) in [5.74, 6) is -3.73. The molecule has 9 heteroatoms. The number of carbonyl (C=O) groups is 2. The number of ketones is 1. The van der Waals surface area contributed by atoms with E-state index < -0.39 is 29.3 Å². The van der Waals surface area contributed by atoms with Crippen LogP contribution < -0.4 is 5.32 Å². The number of amides is 1. The van der Waals surface area contributed by atoms with Gasteiger partial charge >= 0.3 is 6.18 Å². The van der Waals surface area contributed by atoms with Gasteiger partial charge in [0.05, 0.1) is 34.0 Å². The Kier molecular flexibility index (Phi) is 5.84. The zero-order chi connectivity index (χ0) is 20.2. The molecule has 0 fully saturated rings. The Hall–Kier alpha value is -3.36. The van der Waals surface area contributed by atoms with E-state index in [2.05, 4.69) is 5.32 Å². The zero-order valence-electron chi connectivity index (χ0n) is 13.3. The first-order chi connectivity index (χ1) is 12.7. The van der Waals surface area contributed by atoms with Crippen molar-refractivity contribution in [2.75, 3.05) is 5.32 Å². The Bertz CT molecular complexity index is 973. The molecule has 0 aliphatic heterocycles. The molecule has 2 rings (SSSR count). The second kappa shape index (κ2) is 7.90. The summed E-state index contributed by atoms with van der Waals surface area (Å²) < 4.78 is 37.7. The smallest absolute Gasteiger partial charge is 0.323 e. The molecule has 0 aromatic heterocycles. The Morgan fingerprint density at radius 2 is 1.70 bits per heavy atom. The summed E-state index contributed by atoms with van der Waals surface area (Å²) in [6.07, 6.45) is -4.57. The van der Waals surface area contributed by atoms with Crippen LogP contribution in [-0.2, 0) is 11.0 Å². The lowest BCUT2D eigenvalue weighted by molar-refractivity contribution is -0.137. The summed E-state index contributed by atoms with van der Waals surface area (Å²) in [7, 11) is 0.